The van der Waals surface area contributed by atoms with Crippen molar-refractivity contribution in [1.82, 2.24) is 9.97 Å². The lowest BCUT2D eigenvalue weighted by molar-refractivity contribution is 0.101. The van der Waals surface area contributed by atoms with Gasteiger partial charge in [-0.05, 0) is 56.5 Å². The van der Waals surface area contributed by atoms with Gasteiger partial charge in [-0.3, -0.25) is 9.59 Å². The molecule has 1 aromatic carbocycles. The molecule has 0 fully saturated rings. The first-order valence-corrected chi connectivity index (χ1v) is 8.37. The van der Waals surface area contributed by atoms with Crippen LogP contribution in [0.25, 0.3) is 0 Å². The number of hydrogen-bond acceptors (Lipinski definition) is 5. The van der Waals surface area contributed by atoms with Gasteiger partial charge < -0.3 is 10.6 Å². The number of carbonyl (C=O) groups excluding carboxylic acids is 2. The quantitative estimate of drug-likeness (QED) is 0.751. The lowest BCUT2D eigenvalue weighted by Gasteiger charge is -2.10. The van der Waals surface area contributed by atoms with E-state index in [4.69, 9.17) is 0 Å². The van der Waals surface area contributed by atoms with Crippen LogP contribution in [0.4, 0.5) is 11.6 Å². The molecule has 0 aliphatic carbocycles. The van der Waals surface area contributed by atoms with Gasteiger partial charge in [-0.2, -0.15) is 0 Å². The third-order valence-corrected chi connectivity index (χ3v) is 3.64. The van der Waals surface area contributed by atoms with E-state index >= 15 is 0 Å². The summed E-state index contributed by atoms with van der Waals surface area (Å²) in [6.45, 7) is 8.39. The SMILES string of the molecule is CC(=O)c1ccc(NC(=O)c2cc(C)nc(NCCC(C)C)n2)cc1. The number of Topliss-reactive ketones (excluding diaryl/α,β-unsaturated/α-hetero) is 1. The molecule has 0 aliphatic rings. The van der Waals surface area contributed by atoms with Gasteiger partial charge in [-0.25, -0.2) is 9.97 Å². The molecule has 0 atom stereocenters. The summed E-state index contributed by atoms with van der Waals surface area (Å²) in [5.41, 5.74) is 2.24. The van der Waals surface area contributed by atoms with Crippen LogP contribution < -0.4 is 10.6 Å². The second-order valence-corrected chi connectivity index (χ2v) is 6.42. The predicted molar refractivity (Wildman–Crippen MR) is 99.1 cm³/mol. The van der Waals surface area contributed by atoms with Crippen molar-refractivity contribution in [2.24, 2.45) is 5.92 Å². The first kappa shape index (κ1) is 18.6. The molecule has 6 nitrogen and oxygen atoms in total. The summed E-state index contributed by atoms with van der Waals surface area (Å²) in [6.07, 6.45) is 1.00. The Morgan fingerprint density at radius 2 is 1.80 bits per heavy atom. The zero-order valence-electron chi connectivity index (χ0n) is 15.1. The Balaban J connectivity index is 2.07. The van der Waals surface area contributed by atoms with Crippen molar-refractivity contribution in [3.05, 3.63) is 47.3 Å². The number of nitrogens with zero attached hydrogens (tertiary/aromatic N) is 2. The molecular formula is C19H24N4O2. The molecular weight excluding hydrogens is 316 g/mol. The first-order chi connectivity index (χ1) is 11.8. The van der Waals surface area contributed by atoms with Crippen LogP contribution in [-0.2, 0) is 0 Å². The van der Waals surface area contributed by atoms with Crippen molar-refractivity contribution in [3.63, 3.8) is 0 Å². The summed E-state index contributed by atoms with van der Waals surface area (Å²) in [4.78, 5) is 32.3. The molecule has 132 valence electrons. The van der Waals surface area contributed by atoms with E-state index in [-0.39, 0.29) is 11.7 Å². The maximum atomic E-state index is 12.4. The van der Waals surface area contributed by atoms with E-state index in [1.807, 2.05) is 6.92 Å². The third kappa shape index (κ3) is 5.67. The Hall–Kier alpha value is -2.76. The van der Waals surface area contributed by atoms with Crippen LogP contribution >= 0.6 is 0 Å². The number of carbonyl (C=O) groups is 2. The molecule has 25 heavy (non-hydrogen) atoms. The molecule has 0 spiro atoms. The highest BCUT2D eigenvalue weighted by Gasteiger charge is 2.11. The molecule has 0 aliphatic heterocycles. The topological polar surface area (TPSA) is 84.0 Å². The summed E-state index contributed by atoms with van der Waals surface area (Å²) in [7, 11) is 0. The van der Waals surface area contributed by atoms with E-state index in [1.54, 1.807) is 30.3 Å². The number of rotatable bonds is 7. The van der Waals surface area contributed by atoms with E-state index in [0.29, 0.717) is 28.8 Å². The molecule has 0 saturated heterocycles. The van der Waals surface area contributed by atoms with E-state index < -0.39 is 0 Å². The van der Waals surface area contributed by atoms with E-state index in [9.17, 15) is 9.59 Å². The lowest BCUT2D eigenvalue weighted by Crippen LogP contribution is -2.16. The lowest BCUT2D eigenvalue weighted by atomic mass is 10.1. The Labute approximate surface area is 148 Å². The minimum atomic E-state index is -0.312. The van der Waals surface area contributed by atoms with E-state index in [0.717, 1.165) is 18.7 Å². The molecule has 0 saturated carbocycles. The molecule has 0 radical (unpaired) electrons. The van der Waals surface area contributed by atoms with Gasteiger partial charge in [0, 0.05) is 23.5 Å². The van der Waals surface area contributed by atoms with Gasteiger partial charge in [0.05, 0.1) is 0 Å². The highest BCUT2D eigenvalue weighted by Crippen LogP contribution is 2.13. The minimum Gasteiger partial charge on any atom is -0.354 e. The standard InChI is InChI=1S/C19H24N4O2/c1-12(2)9-10-20-19-21-13(3)11-17(23-19)18(25)22-16-7-5-15(6-8-16)14(4)24/h5-8,11-12H,9-10H2,1-4H3,(H,22,25)(H,20,21,23). The van der Waals surface area contributed by atoms with Crippen molar-refractivity contribution < 1.29 is 9.59 Å². The number of nitrogens with one attached hydrogen (secondary N) is 2. The average molecular weight is 340 g/mol. The van der Waals surface area contributed by atoms with E-state index in [1.165, 1.54) is 6.92 Å². The molecule has 0 bridgehead atoms. The van der Waals surface area contributed by atoms with Crippen LogP contribution in [0.15, 0.2) is 30.3 Å². The van der Waals surface area contributed by atoms with Gasteiger partial charge in [0.25, 0.3) is 5.91 Å². The van der Waals surface area contributed by atoms with Crippen LogP contribution in [0.2, 0.25) is 0 Å². The first-order valence-electron chi connectivity index (χ1n) is 8.37. The van der Waals surface area contributed by atoms with Gasteiger partial charge in [0.1, 0.15) is 5.69 Å². The Morgan fingerprint density at radius 1 is 1.12 bits per heavy atom. The van der Waals surface area contributed by atoms with Crippen LogP contribution in [-0.4, -0.2) is 28.2 Å². The Morgan fingerprint density at radius 3 is 2.40 bits per heavy atom. The van der Waals surface area contributed by atoms with Crippen molar-refractivity contribution >= 4 is 23.3 Å². The molecule has 0 unspecified atom stereocenters. The summed E-state index contributed by atoms with van der Waals surface area (Å²) in [5, 5.41) is 5.94. The fourth-order valence-electron chi connectivity index (χ4n) is 2.22. The maximum Gasteiger partial charge on any atom is 0.274 e. The second kappa shape index (κ2) is 8.37. The summed E-state index contributed by atoms with van der Waals surface area (Å²) < 4.78 is 0. The van der Waals surface area contributed by atoms with Crippen molar-refractivity contribution in [3.8, 4) is 0 Å². The predicted octanol–water partition coefficient (Wildman–Crippen LogP) is 3.70. The minimum absolute atomic E-state index is 0.0126. The zero-order valence-corrected chi connectivity index (χ0v) is 15.1. The fourth-order valence-corrected chi connectivity index (χ4v) is 2.22. The normalized spacial score (nSPS) is 10.6. The summed E-state index contributed by atoms with van der Waals surface area (Å²) in [6, 6.07) is 8.41. The maximum absolute atomic E-state index is 12.4. The monoisotopic (exact) mass is 340 g/mol. The number of hydrogen-bond donors (Lipinski definition) is 2. The van der Waals surface area contributed by atoms with Crippen LogP contribution in [0.5, 0.6) is 0 Å². The number of ketones is 1. The van der Waals surface area contributed by atoms with Crippen molar-refractivity contribution in [1.29, 1.82) is 0 Å². The number of aromatic nitrogens is 2. The zero-order chi connectivity index (χ0) is 18.4. The summed E-state index contributed by atoms with van der Waals surface area (Å²) >= 11 is 0. The van der Waals surface area contributed by atoms with Crippen LogP contribution in [0, 0.1) is 12.8 Å². The molecule has 1 amide bonds. The van der Waals surface area contributed by atoms with Gasteiger partial charge in [-0.1, -0.05) is 13.8 Å². The van der Waals surface area contributed by atoms with Gasteiger partial charge >= 0.3 is 0 Å². The molecule has 1 aromatic heterocycles. The van der Waals surface area contributed by atoms with Crippen LogP contribution in [0.3, 0.4) is 0 Å². The molecule has 2 rings (SSSR count). The van der Waals surface area contributed by atoms with Crippen molar-refractivity contribution in [2.75, 3.05) is 17.2 Å². The van der Waals surface area contributed by atoms with Gasteiger partial charge in [-0.15, -0.1) is 0 Å². The highest BCUT2D eigenvalue weighted by atomic mass is 16.2. The third-order valence-electron chi connectivity index (χ3n) is 3.64. The molecule has 2 N–H and O–H groups in total. The fraction of sp³-hybridized carbons (Fsp3) is 0.368. The Kier molecular flexibility index (Phi) is 6.22. The number of aryl methyl sites for hydroxylation is 1. The highest BCUT2D eigenvalue weighted by molar-refractivity contribution is 6.03. The smallest absolute Gasteiger partial charge is 0.274 e. The summed E-state index contributed by atoms with van der Waals surface area (Å²) in [5.74, 6) is 0.713. The largest absolute Gasteiger partial charge is 0.354 e. The number of benzene rings is 1. The number of amides is 1. The number of anilines is 2. The van der Waals surface area contributed by atoms with Crippen LogP contribution in [0.1, 0.15) is 53.7 Å². The molecule has 2 aromatic rings. The molecule has 1 heterocycles. The average Bonchev–Trinajstić information content (AvgIpc) is 2.54. The van der Waals surface area contributed by atoms with Gasteiger partial charge in [0.2, 0.25) is 5.95 Å². The second-order valence-electron chi connectivity index (χ2n) is 6.42. The Bertz CT molecular complexity index is 755. The van der Waals surface area contributed by atoms with Crippen molar-refractivity contribution in [2.45, 2.75) is 34.1 Å². The van der Waals surface area contributed by atoms with E-state index in [2.05, 4.69) is 34.4 Å². The molecule has 6 heteroatoms. The van der Waals surface area contributed by atoms with Gasteiger partial charge in [0.15, 0.2) is 5.78 Å².